The number of benzene rings is 4. The molecule has 0 fully saturated rings. The molecule has 0 bridgehead atoms. The minimum Gasteiger partial charge on any atom is -0.0730 e. The molecule has 0 heterocycles. The molecule has 0 saturated heterocycles. The molecule has 2 atom stereocenters. The maximum Gasteiger partial charge on any atom is 0.0162 e. The summed E-state index contributed by atoms with van der Waals surface area (Å²) in [5.74, 6) is 0.840. The summed E-state index contributed by atoms with van der Waals surface area (Å²) in [6.45, 7) is 17.6. The molecule has 0 aromatic heterocycles. The van der Waals surface area contributed by atoms with E-state index < -0.39 is 0 Å². The molecular formula is C47H46. The first-order chi connectivity index (χ1) is 22.5. The van der Waals surface area contributed by atoms with Crippen molar-refractivity contribution >= 4 is 11.1 Å². The van der Waals surface area contributed by atoms with Crippen molar-refractivity contribution in [3.8, 4) is 22.3 Å². The molecule has 9 rings (SSSR count). The summed E-state index contributed by atoms with van der Waals surface area (Å²) >= 11 is 0. The van der Waals surface area contributed by atoms with Gasteiger partial charge in [-0.05, 0) is 116 Å². The van der Waals surface area contributed by atoms with E-state index in [9.17, 15) is 0 Å². The minimum absolute atomic E-state index is 0.00640. The van der Waals surface area contributed by atoms with E-state index >= 15 is 0 Å². The lowest BCUT2D eigenvalue weighted by molar-refractivity contribution is 0.331. The molecule has 0 radical (unpaired) electrons. The maximum atomic E-state index is 2.61. The van der Waals surface area contributed by atoms with Crippen LogP contribution in [0.5, 0.6) is 0 Å². The summed E-state index contributed by atoms with van der Waals surface area (Å²) < 4.78 is 0. The van der Waals surface area contributed by atoms with Crippen LogP contribution >= 0.6 is 0 Å². The quantitative estimate of drug-likeness (QED) is 0.212. The summed E-state index contributed by atoms with van der Waals surface area (Å²) in [6.07, 6.45) is 6.28. The van der Waals surface area contributed by atoms with E-state index in [1.807, 2.05) is 0 Å². The number of rotatable bonds is 2. The number of hydrogen-bond donors (Lipinski definition) is 0. The molecule has 0 amide bonds. The molecule has 0 aliphatic heterocycles. The zero-order chi connectivity index (χ0) is 32.5. The van der Waals surface area contributed by atoms with Gasteiger partial charge in [0.25, 0.3) is 0 Å². The van der Waals surface area contributed by atoms with Gasteiger partial charge >= 0.3 is 0 Å². The molecule has 5 aliphatic rings. The fraction of sp³-hybridized carbons (Fsp3) is 0.319. The molecule has 47 heavy (non-hydrogen) atoms. The van der Waals surface area contributed by atoms with Crippen LogP contribution < -0.4 is 0 Å². The highest BCUT2D eigenvalue weighted by Crippen LogP contribution is 2.72. The fourth-order valence-corrected chi connectivity index (χ4v) is 10.7. The second-order valence-electron chi connectivity index (χ2n) is 16.5. The van der Waals surface area contributed by atoms with Gasteiger partial charge in [-0.2, -0.15) is 0 Å². The van der Waals surface area contributed by atoms with E-state index in [-0.39, 0.29) is 16.2 Å². The Bertz CT molecular complexity index is 2120. The Kier molecular flexibility index (Phi) is 5.99. The van der Waals surface area contributed by atoms with Gasteiger partial charge in [-0.3, -0.25) is 0 Å². The molecule has 234 valence electrons. The first-order valence-corrected chi connectivity index (χ1v) is 17.8. The Labute approximate surface area is 281 Å². The summed E-state index contributed by atoms with van der Waals surface area (Å²) in [4.78, 5) is 0. The summed E-state index contributed by atoms with van der Waals surface area (Å²) in [5, 5.41) is 0. The molecule has 0 saturated carbocycles. The van der Waals surface area contributed by atoms with E-state index in [1.54, 1.807) is 39.0 Å². The molecule has 4 aromatic rings. The third-order valence-electron chi connectivity index (χ3n) is 12.8. The minimum atomic E-state index is -0.112. The zero-order valence-electron chi connectivity index (χ0n) is 29.1. The number of allylic oxidation sites excluding steroid dienone is 8. The average molecular weight is 611 g/mol. The van der Waals surface area contributed by atoms with E-state index in [1.165, 1.54) is 63.8 Å². The van der Waals surface area contributed by atoms with Crippen LogP contribution in [0.2, 0.25) is 0 Å². The van der Waals surface area contributed by atoms with Crippen LogP contribution in [-0.4, -0.2) is 0 Å². The third-order valence-corrected chi connectivity index (χ3v) is 12.8. The first-order valence-electron chi connectivity index (χ1n) is 17.8. The smallest absolute Gasteiger partial charge is 0.0162 e. The Hall–Kier alpha value is -4.16. The average Bonchev–Trinajstić information content (AvgIpc) is 3.44. The van der Waals surface area contributed by atoms with Crippen molar-refractivity contribution in [2.24, 2.45) is 17.3 Å². The van der Waals surface area contributed by atoms with Crippen molar-refractivity contribution in [1.29, 1.82) is 0 Å². The van der Waals surface area contributed by atoms with Crippen LogP contribution in [0, 0.1) is 17.3 Å². The maximum absolute atomic E-state index is 2.61. The number of hydrogen-bond acceptors (Lipinski definition) is 0. The molecule has 0 N–H and O–H groups in total. The summed E-state index contributed by atoms with van der Waals surface area (Å²) in [6, 6.07) is 36.7. The van der Waals surface area contributed by atoms with Crippen LogP contribution in [0.1, 0.15) is 90.0 Å². The third kappa shape index (κ3) is 3.82. The highest BCUT2D eigenvalue weighted by molar-refractivity contribution is 6.05. The Balaban J connectivity index is 1.37. The molecule has 2 unspecified atom stereocenters. The molecular weight excluding hydrogens is 565 g/mol. The Morgan fingerprint density at radius 3 is 1.83 bits per heavy atom. The largest absolute Gasteiger partial charge is 0.0730 e. The van der Waals surface area contributed by atoms with Gasteiger partial charge in [0, 0.05) is 22.7 Å². The van der Waals surface area contributed by atoms with Gasteiger partial charge in [-0.1, -0.05) is 144 Å². The molecule has 0 nitrogen and oxygen atoms in total. The second-order valence-corrected chi connectivity index (χ2v) is 16.5. The van der Waals surface area contributed by atoms with Gasteiger partial charge in [-0.15, -0.1) is 0 Å². The van der Waals surface area contributed by atoms with Crippen LogP contribution in [-0.2, 0) is 10.8 Å². The van der Waals surface area contributed by atoms with Gasteiger partial charge < -0.3 is 0 Å². The van der Waals surface area contributed by atoms with Crippen LogP contribution in [0.25, 0.3) is 33.4 Å². The van der Waals surface area contributed by atoms with Gasteiger partial charge in [0.15, 0.2) is 0 Å². The highest BCUT2D eigenvalue weighted by Gasteiger charge is 2.61. The predicted octanol–water partition coefficient (Wildman–Crippen LogP) is 12.5. The Morgan fingerprint density at radius 2 is 1.19 bits per heavy atom. The van der Waals surface area contributed by atoms with E-state index in [4.69, 9.17) is 0 Å². The highest BCUT2D eigenvalue weighted by atomic mass is 14.6. The van der Waals surface area contributed by atoms with Gasteiger partial charge in [-0.25, -0.2) is 0 Å². The van der Waals surface area contributed by atoms with Crippen LogP contribution in [0.4, 0.5) is 0 Å². The molecule has 4 aromatic carbocycles. The predicted molar refractivity (Wildman–Crippen MR) is 199 cm³/mol. The van der Waals surface area contributed by atoms with Crippen molar-refractivity contribution in [2.45, 2.75) is 78.6 Å². The standard InChI is InChI=1S/C47H46/c1-28-15-14-20-33-36(25-28)45(2,3)42-39(33)43-41(35-24-22-31(26-37(35)46(43,4)5)29-16-10-8-11-17-29)44-40(42)34-23-21-32(27-38(34)47(44,6)7)30-18-12-9-13-19-30/h8-13,16-19,21-27,39,43H,14-15,20H2,1-7H3. The van der Waals surface area contributed by atoms with Crippen molar-refractivity contribution in [3.05, 3.63) is 153 Å². The van der Waals surface area contributed by atoms with Crippen molar-refractivity contribution in [1.82, 2.24) is 0 Å². The summed E-state index contributed by atoms with van der Waals surface area (Å²) in [7, 11) is 0. The SMILES string of the molecule is CC1=CC2=C(CCC1)C1C(=C3C(=C4c5ccc(-c6ccccc6)cc5C(C)(C)C41)C(C)(C)c1cc(-c4ccccc4)ccc13)C2(C)C. The Morgan fingerprint density at radius 1 is 0.596 bits per heavy atom. The lowest BCUT2D eigenvalue weighted by atomic mass is 9.59. The van der Waals surface area contributed by atoms with Crippen LogP contribution in [0.3, 0.4) is 0 Å². The lowest BCUT2D eigenvalue weighted by Gasteiger charge is -2.44. The molecule has 5 aliphatic carbocycles. The topological polar surface area (TPSA) is 0 Å². The lowest BCUT2D eigenvalue weighted by Crippen LogP contribution is -2.36. The van der Waals surface area contributed by atoms with Crippen molar-refractivity contribution in [2.75, 3.05) is 0 Å². The number of fused-ring (bicyclic) bond motifs is 9. The fourth-order valence-electron chi connectivity index (χ4n) is 10.7. The normalized spacial score (nSPS) is 24.2. The van der Waals surface area contributed by atoms with E-state index in [0.29, 0.717) is 11.8 Å². The second kappa shape index (κ2) is 9.70. The molecule has 0 spiro atoms. The van der Waals surface area contributed by atoms with Gasteiger partial charge in [0.05, 0.1) is 0 Å². The van der Waals surface area contributed by atoms with Gasteiger partial charge in [0.1, 0.15) is 0 Å². The monoisotopic (exact) mass is 610 g/mol. The molecule has 0 heteroatoms. The van der Waals surface area contributed by atoms with E-state index in [0.717, 1.165) is 0 Å². The van der Waals surface area contributed by atoms with Gasteiger partial charge in [0.2, 0.25) is 0 Å². The van der Waals surface area contributed by atoms with Crippen molar-refractivity contribution < 1.29 is 0 Å². The summed E-state index contributed by atoms with van der Waals surface area (Å²) in [5.41, 5.74) is 22.5. The van der Waals surface area contributed by atoms with Crippen molar-refractivity contribution in [3.63, 3.8) is 0 Å². The van der Waals surface area contributed by atoms with Crippen LogP contribution in [0.15, 0.2) is 131 Å². The first kappa shape index (κ1) is 29.0. The van der Waals surface area contributed by atoms with E-state index in [2.05, 4.69) is 152 Å². The zero-order valence-corrected chi connectivity index (χ0v) is 29.1.